The molecule has 5 nitrogen and oxygen atoms in total. The van der Waals surface area contributed by atoms with Gasteiger partial charge in [0.1, 0.15) is 6.61 Å². The van der Waals surface area contributed by atoms with Gasteiger partial charge in [-0.15, -0.1) is 0 Å². The Balaban J connectivity index is 2.27. The van der Waals surface area contributed by atoms with Crippen LogP contribution in [0.3, 0.4) is 0 Å². The van der Waals surface area contributed by atoms with E-state index in [-0.39, 0.29) is 12.5 Å². The van der Waals surface area contributed by atoms with Crippen molar-refractivity contribution in [3.05, 3.63) is 0 Å². The molecule has 0 bridgehead atoms. The molecular formula is C11H19NO4. The van der Waals surface area contributed by atoms with Crippen molar-refractivity contribution in [2.75, 3.05) is 19.7 Å². The molecule has 5 heteroatoms. The predicted molar refractivity (Wildman–Crippen MR) is 58.0 cm³/mol. The van der Waals surface area contributed by atoms with Gasteiger partial charge in [-0.3, -0.25) is 4.79 Å². The third-order valence-corrected chi connectivity index (χ3v) is 2.94. The first kappa shape index (κ1) is 13.0. The van der Waals surface area contributed by atoms with Crippen LogP contribution < -0.4 is 0 Å². The number of aliphatic carboxylic acids is 1. The fraction of sp³-hybridized carbons (Fsp3) is 0.818. The molecule has 1 aliphatic heterocycles. The van der Waals surface area contributed by atoms with Gasteiger partial charge in [0.05, 0.1) is 0 Å². The first-order valence-corrected chi connectivity index (χ1v) is 5.63. The number of likely N-dealkylation sites (tertiary alicyclic amines) is 1. The number of carboxylic acid groups (broad SMARTS) is 1. The number of amides is 1. The molecule has 1 N–H and O–H groups in total. The third kappa shape index (κ3) is 3.81. The van der Waals surface area contributed by atoms with Crippen molar-refractivity contribution < 1.29 is 19.4 Å². The fourth-order valence-corrected chi connectivity index (χ4v) is 1.62. The smallest absolute Gasteiger partial charge is 0.332 e. The molecule has 0 aromatic heterocycles. The lowest BCUT2D eigenvalue weighted by Gasteiger charge is -2.30. The average Bonchev–Trinajstić information content (AvgIpc) is 2.26. The van der Waals surface area contributed by atoms with Gasteiger partial charge in [0.2, 0.25) is 5.91 Å². The molecule has 1 aliphatic rings. The number of piperidine rings is 1. The maximum absolute atomic E-state index is 11.6. The van der Waals surface area contributed by atoms with Gasteiger partial charge >= 0.3 is 5.97 Å². The predicted octanol–water partition coefficient (Wildman–Crippen LogP) is 0.735. The topological polar surface area (TPSA) is 66.8 Å². The van der Waals surface area contributed by atoms with Crippen molar-refractivity contribution in [3.8, 4) is 0 Å². The molecule has 0 aliphatic carbocycles. The summed E-state index contributed by atoms with van der Waals surface area (Å²) in [5.41, 5.74) is 0. The van der Waals surface area contributed by atoms with Crippen molar-refractivity contribution in [2.24, 2.45) is 5.92 Å². The second-order valence-corrected chi connectivity index (χ2v) is 4.35. The van der Waals surface area contributed by atoms with Crippen LogP contribution in [0.5, 0.6) is 0 Å². The highest BCUT2D eigenvalue weighted by atomic mass is 16.5. The molecule has 0 radical (unpaired) electrons. The molecule has 0 aromatic carbocycles. The summed E-state index contributed by atoms with van der Waals surface area (Å²) in [5, 5.41) is 8.59. The molecule has 1 rings (SSSR count). The third-order valence-electron chi connectivity index (χ3n) is 2.94. The molecule has 1 fully saturated rings. The number of rotatable bonds is 4. The number of carboxylic acids is 1. The highest BCUT2D eigenvalue weighted by Crippen LogP contribution is 2.15. The van der Waals surface area contributed by atoms with Crippen LogP contribution in [0.4, 0.5) is 0 Å². The summed E-state index contributed by atoms with van der Waals surface area (Å²) in [6.07, 6.45) is 1.10. The Bertz CT molecular complexity index is 259. The summed E-state index contributed by atoms with van der Waals surface area (Å²) < 4.78 is 4.95. The second kappa shape index (κ2) is 5.84. The number of ether oxygens (including phenoxy) is 1. The van der Waals surface area contributed by atoms with Gasteiger partial charge in [-0.05, 0) is 25.7 Å². The van der Waals surface area contributed by atoms with Crippen molar-refractivity contribution in [3.63, 3.8) is 0 Å². The minimum atomic E-state index is -1.04. The van der Waals surface area contributed by atoms with E-state index in [2.05, 4.69) is 6.92 Å². The molecule has 1 atom stereocenters. The van der Waals surface area contributed by atoms with E-state index in [1.54, 1.807) is 4.90 Å². The van der Waals surface area contributed by atoms with E-state index in [1.807, 2.05) is 0 Å². The van der Waals surface area contributed by atoms with E-state index in [9.17, 15) is 9.59 Å². The van der Waals surface area contributed by atoms with Crippen LogP contribution in [0.2, 0.25) is 0 Å². The summed E-state index contributed by atoms with van der Waals surface area (Å²) in [7, 11) is 0. The van der Waals surface area contributed by atoms with E-state index in [4.69, 9.17) is 9.84 Å². The van der Waals surface area contributed by atoms with Gasteiger partial charge in [-0.1, -0.05) is 6.92 Å². The second-order valence-electron chi connectivity index (χ2n) is 4.35. The molecule has 0 aromatic rings. The lowest BCUT2D eigenvalue weighted by atomic mass is 9.99. The first-order chi connectivity index (χ1) is 7.50. The zero-order valence-corrected chi connectivity index (χ0v) is 9.81. The highest BCUT2D eigenvalue weighted by molar-refractivity contribution is 5.78. The lowest BCUT2D eigenvalue weighted by Crippen LogP contribution is -2.40. The Morgan fingerprint density at radius 3 is 2.50 bits per heavy atom. The van der Waals surface area contributed by atoms with Crippen LogP contribution in [-0.2, 0) is 14.3 Å². The zero-order chi connectivity index (χ0) is 12.1. The van der Waals surface area contributed by atoms with E-state index in [0.29, 0.717) is 5.92 Å². The van der Waals surface area contributed by atoms with Crippen LogP contribution >= 0.6 is 0 Å². The fourth-order valence-electron chi connectivity index (χ4n) is 1.62. The molecule has 1 saturated heterocycles. The van der Waals surface area contributed by atoms with E-state index in [0.717, 1.165) is 25.9 Å². The molecule has 92 valence electrons. The SMILES string of the molecule is CC1CCN(C(=O)COC(C)C(=O)O)CC1. The van der Waals surface area contributed by atoms with Gasteiger partial charge < -0.3 is 14.7 Å². The van der Waals surface area contributed by atoms with Crippen LogP contribution in [0.15, 0.2) is 0 Å². The summed E-state index contributed by atoms with van der Waals surface area (Å²) >= 11 is 0. The van der Waals surface area contributed by atoms with E-state index < -0.39 is 12.1 Å². The van der Waals surface area contributed by atoms with Crippen LogP contribution in [0.1, 0.15) is 26.7 Å². The number of hydrogen-bond acceptors (Lipinski definition) is 3. The van der Waals surface area contributed by atoms with Gasteiger partial charge in [0.15, 0.2) is 6.10 Å². The number of carbonyl (C=O) groups is 2. The minimum absolute atomic E-state index is 0.111. The minimum Gasteiger partial charge on any atom is -0.479 e. The lowest BCUT2D eigenvalue weighted by molar-refractivity contribution is -0.153. The molecule has 1 amide bonds. The highest BCUT2D eigenvalue weighted by Gasteiger charge is 2.21. The van der Waals surface area contributed by atoms with Gasteiger partial charge in [-0.2, -0.15) is 0 Å². The normalized spacial score (nSPS) is 19.5. The maximum atomic E-state index is 11.6. The molecule has 0 spiro atoms. The largest absolute Gasteiger partial charge is 0.479 e. The Hall–Kier alpha value is -1.10. The van der Waals surface area contributed by atoms with Gasteiger partial charge in [-0.25, -0.2) is 4.79 Å². The maximum Gasteiger partial charge on any atom is 0.332 e. The summed E-state index contributed by atoms with van der Waals surface area (Å²) in [5.74, 6) is -0.483. The molecular weight excluding hydrogens is 210 g/mol. The Morgan fingerprint density at radius 2 is 2.00 bits per heavy atom. The number of nitrogens with zero attached hydrogens (tertiary/aromatic N) is 1. The van der Waals surface area contributed by atoms with Crippen LogP contribution in [0, 0.1) is 5.92 Å². The monoisotopic (exact) mass is 229 g/mol. The molecule has 0 saturated carbocycles. The van der Waals surface area contributed by atoms with E-state index in [1.165, 1.54) is 6.92 Å². The standard InChI is InChI=1S/C11H19NO4/c1-8-3-5-12(6-4-8)10(13)7-16-9(2)11(14)15/h8-9H,3-7H2,1-2H3,(H,14,15). The van der Waals surface area contributed by atoms with Crippen molar-refractivity contribution >= 4 is 11.9 Å². The van der Waals surface area contributed by atoms with E-state index >= 15 is 0 Å². The zero-order valence-electron chi connectivity index (χ0n) is 9.81. The average molecular weight is 229 g/mol. The number of carbonyl (C=O) groups excluding carboxylic acids is 1. The Labute approximate surface area is 95.4 Å². The van der Waals surface area contributed by atoms with Crippen molar-refractivity contribution in [1.29, 1.82) is 0 Å². The first-order valence-electron chi connectivity index (χ1n) is 5.63. The quantitative estimate of drug-likeness (QED) is 0.772. The summed E-state index contributed by atoms with van der Waals surface area (Å²) in [6, 6.07) is 0. The Kier molecular flexibility index (Phi) is 4.73. The molecule has 16 heavy (non-hydrogen) atoms. The van der Waals surface area contributed by atoms with Gasteiger partial charge in [0.25, 0.3) is 0 Å². The van der Waals surface area contributed by atoms with Crippen molar-refractivity contribution in [1.82, 2.24) is 4.90 Å². The number of hydrogen-bond donors (Lipinski definition) is 1. The van der Waals surface area contributed by atoms with Crippen molar-refractivity contribution in [2.45, 2.75) is 32.8 Å². The van der Waals surface area contributed by atoms with Gasteiger partial charge in [0, 0.05) is 13.1 Å². The summed E-state index contributed by atoms with van der Waals surface area (Å²) in [4.78, 5) is 23.9. The Morgan fingerprint density at radius 1 is 1.44 bits per heavy atom. The molecule has 1 unspecified atom stereocenters. The van der Waals surface area contributed by atoms with Crippen LogP contribution in [-0.4, -0.2) is 47.7 Å². The van der Waals surface area contributed by atoms with Crippen LogP contribution in [0.25, 0.3) is 0 Å². The summed E-state index contributed by atoms with van der Waals surface area (Å²) in [6.45, 7) is 4.97. The molecule has 1 heterocycles.